The van der Waals surface area contributed by atoms with Crippen LogP contribution in [0.2, 0.25) is 0 Å². The average Bonchev–Trinajstić information content (AvgIpc) is 2.64. The van der Waals surface area contributed by atoms with Crippen molar-refractivity contribution in [2.24, 2.45) is 0 Å². The minimum absolute atomic E-state index is 0.0726. The molecule has 3 rings (SSSR count). The molecule has 5 nitrogen and oxygen atoms in total. The fourth-order valence-electron chi connectivity index (χ4n) is 2.30. The molecule has 0 heterocycles. The van der Waals surface area contributed by atoms with Crippen molar-refractivity contribution in [2.75, 3.05) is 10.0 Å². The van der Waals surface area contributed by atoms with E-state index in [1.54, 1.807) is 6.07 Å². The summed E-state index contributed by atoms with van der Waals surface area (Å²) in [7, 11) is -3.97. The van der Waals surface area contributed by atoms with Gasteiger partial charge in [0.25, 0.3) is 15.9 Å². The van der Waals surface area contributed by atoms with Gasteiger partial charge in [-0.3, -0.25) is 9.52 Å². The fourth-order valence-corrected chi connectivity index (χ4v) is 3.91. The molecule has 27 heavy (non-hydrogen) atoms. The van der Waals surface area contributed by atoms with Gasteiger partial charge in [0.05, 0.1) is 10.6 Å². The molecule has 0 saturated carbocycles. The van der Waals surface area contributed by atoms with Gasteiger partial charge in [-0.2, -0.15) is 0 Å². The van der Waals surface area contributed by atoms with Gasteiger partial charge in [-0.25, -0.2) is 12.8 Å². The third kappa shape index (κ3) is 4.83. The number of nitrogens with one attached hydrogen (secondary N) is 2. The molecule has 0 aliphatic heterocycles. The van der Waals surface area contributed by atoms with Gasteiger partial charge in [-0.05, 0) is 77.2 Å². The Morgan fingerprint density at radius 1 is 0.926 bits per heavy atom. The molecule has 0 aromatic heterocycles. The summed E-state index contributed by atoms with van der Waals surface area (Å²) >= 11 is 2.14. The number of hydrogen-bond acceptors (Lipinski definition) is 3. The van der Waals surface area contributed by atoms with Gasteiger partial charge in [0.1, 0.15) is 5.82 Å². The van der Waals surface area contributed by atoms with Crippen molar-refractivity contribution in [2.45, 2.75) is 4.90 Å². The Hall–Kier alpha value is -2.46. The highest BCUT2D eigenvalue weighted by molar-refractivity contribution is 14.1. The van der Waals surface area contributed by atoms with Crippen molar-refractivity contribution < 1.29 is 17.6 Å². The Bertz CT molecular complexity index is 1090. The number of hydrogen-bond donors (Lipinski definition) is 2. The van der Waals surface area contributed by atoms with E-state index in [0.717, 1.165) is 9.64 Å². The van der Waals surface area contributed by atoms with Crippen LogP contribution in [0.1, 0.15) is 10.4 Å². The van der Waals surface area contributed by atoms with Gasteiger partial charge in [-0.1, -0.05) is 18.2 Å². The molecule has 0 atom stereocenters. The fraction of sp³-hybridized carbons (Fsp3) is 0. The van der Waals surface area contributed by atoms with Crippen LogP contribution in [-0.4, -0.2) is 14.3 Å². The van der Waals surface area contributed by atoms with Crippen LogP contribution in [0.4, 0.5) is 15.8 Å². The van der Waals surface area contributed by atoms with Crippen LogP contribution in [-0.2, 0) is 10.0 Å². The largest absolute Gasteiger partial charge is 0.322 e. The van der Waals surface area contributed by atoms with Crippen LogP contribution in [0.15, 0.2) is 77.7 Å². The Morgan fingerprint density at radius 2 is 1.63 bits per heavy atom. The molecule has 0 fully saturated rings. The normalized spacial score (nSPS) is 11.0. The van der Waals surface area contributed by atoms with Gasteiger partial charge in [0.2, 0.25) is 0 Å². The summed E-state index contributed by atoms with van der Waals surface area (Å²) < 4.78 is 41.6. The second kappa shape index (κ2) is 8.05. The zero-order valence-electron chi connectivity index (χ0n) is 13.8. The van der Waals surface area contributed by atoms with Gasteiger partial charge >= 0.3 is 0 Å². The predicted octanol–water partition coefficient (Wildman–Crippen LogP) is 4.48. The van der Waals surface area contributed by atoms with Crippen molar-refractivity contribution in [1.29, 1.82) is 0 Å². The van der Waals surface area contributed by atoms with Gasteiger partial charge in [0, 0.05) is 14.8 Å². The van der Waals surface area contributed by atoms with Crippen molar-refractivity contribution >= 4 is 49.9 Å². The Kier molecular flexibility index (Phi) is 5.76. The van der Waals surface area contributed by atoms with Crippen LogP contribution in [0.3, 0.4) is 0 Å². The van der Waals surface area contributed by atoms with Gasteiger partial charge in [0.15, 0.2) is 0 Å². The molecule has 8 heteroatoms. The highest BCUT2D eigenvalue weighted by Crippen LogP contribution is 2.20. The molecular formula is C19H14FIN2O3S. The number of para-hydroxylation sites is 1. The molecule has 1 amide bonds. The van der Waals surface area contributed by atoms with Crippen LogP contribution < -0.4 is 10.0 Å². The lowest BCUT2D eigenvalue weighted by molar-refractivity contribution is 0.102. The molecule has 3 aromatic carbocycles. The number of rotatable bonds is 5. The summed E-state index contributed by atoms with van der Waals surface area (Å²) in [5.41, 5.74) is 0.807. The lowest BCUT2D eigenvalue weighted by Gasteiger charge is -2.10. The van der Waals surface area contributed by atoms with E-state index < -0.39 is 15.8 Å². The second-order valence-corrected chi connectivity index (χ2v) is 8.50. The summed E-state index contributed by atoms with van der Waals surface area (Å²) in [6, 6.07) is 18.2. The number of anilines is 2. The number of benzene rings is 3. The van der Waals surface area contributed by atoms with Crippen molar-refractivity contribution in [3.05, 3.63) is 87.7 Å². The minimum Gasteiger partial charge on any atom is -0.322 e. The maximum absolute atomic E-state index is 13.7. The van der Waals surface area contributed by atoms with E-state index >= 15 is 0 Å². The number of sulfonamides is 1. The number of halogens is 2. The first-order valence-electron chi connectivity index (χ1n) is 7.79. The van der Waals surface area contributed by atoms with Crippen LogP contribution in [0.5, 0.6) is 0 Å². The molecule has 0 unspecified atom stereocenters. The van der Waals surface area contributed by atoms with E-state index in [-0.39, 0.29) is 16.5 Å². The topological polar surface area (TPSA) is 75.3 Å². The monoisotopic (exact) mass is 496 g/mol. The molecule has 3 aromatic rings. The van der Waals surface area contributed by atoms with Gasteiger partial charge in [-0.15, -0.1) is 0 Å². The summed E-state index contributed by atoms with van der Waals surface area (Å²) in [4.78, 5) is 12.2. The first-order valence-corrected chi connectivity index (χ1v) is 10.4. The number of amides is 1. The quantitative estimate of drug-likeness (QED) is 0.512. The second-order valence-electron chi connectivity index (χ2n) is 5.57. The molecule has 2 N–H and O–H groups in total. The van der Waals surface area contributed by atoms with Crippen LogP contribution >= 0.6 is 22.6 Å². The maximum Gasteiger partial charge on any atom is 0.261 e. The highest BCUT2D eigenvalue weighted by Gasteiger charge is 2.17. The lowest BCUT2D eigenvalue weighted by Crippen LogP contribution is -2.15. The summed E-state index contributed by atoms with van der Waals surface area (Å²) in [5, 5.41) is 2.75. The third-order valence-corrected chi connectivity index (χ3v) is 5.68. The minimum atomic E-state index is -3.97. The number of carbonyl (C=O) groups excluding carboxylic acids is 1. The number of carbonyl (C=O) groups is 1. The Balaban J connectivity index is 1.76. The first kappa shape index (κ1) is 19.3. The molecule has 0 saturated heterocycles. The van der Waals surface area contributed by atoms with Crippen LogP contribution in [0.25, 0.3) is 0 Å². The van der Waals surface area contributed by atoms with Crippen LogP contribution in [0, 0.1) is 9.39 Å². The van der Waals surface area contributed by atoms with Crippen molar-refractivity contribution in [3.8, 4) is 0 Å². The molecule has 0 spiro atoms. The standard InChI is InChI=1S/C19H14FIN2O3S/c20-17-6-1-2-7-18(17)23-27(25,26)16-10-8-13(9-11-16)19(24)22-15-5-3-4-14(21)12-15/h1-12,23H,(H,22,24). The molecule has 138 valence electrons. The van der Waals surface area contributed by atoms with Crippen molar-refractivity contribution in [1.82, 2.24) is 0 Å². The van der Waals surface area contributed by atoms with Crippen molar-refractivity contribution in [3.63, 3.8) is 0 Å². The molecular weight excluding hydrogens is 482 g/mol. The summed E-state index contributed by atoms with van der Waals surface area (Å²) in [6.45, 7) is 0. The summed E-state index contributed by atoms with van der Waals surface area (Å²) in [6.07, 6.45) is 0. The highest BCUT2D eigenvalue weighted by atomic mass is 127. The van der Waals surface area contributed by atoms with E-state index in [1.807, 2.05) is 18.2 Å². The lowest BCUT2D eigenvalue weighted by atomic mass is 10.2. The van der Waals surface area contributed by atoms with Gasteiger partial charge < -0.3 is 5.32 Å². The van der Waals surface area contributed by atoms with E-state index in [0.29, 0.717) is 11.3 Å². The Labute approximate surface area is 169 Å². The summed E-state index contributed by atoms with van der Waals surface area (Å²) in [5.74, 6) is -1.03. The average molecular weight is 496 g/mol. The molecule has 0 aliphatic rings. The van der Waals surface area contributed by atoms with E-state index in [9.17, 15) is 17.6 Å². The zero-order valence-corrected chi connectivity index (χ0v) is 16.8. The molecule has 0 radical (unpaired) electrons. The smallest absolute Gasteiger partial charge is 0.261 e. The molecule has 0 bridgehead atoms. The Morgan fingerprint density at radius 3 is 2.30 bits per heavy atom. The zero-order chi connectivity index (χ0) is 19.4. The van der Waals surface area contributed by atoms with E-state index in [1.165, 1.54) is 42.5 Å². The molecule has 0 aliphatic carbocycles. The van der Waals surface area contributed by atoms with E-state index in [4.69, 9.17) is 0 Å². The third-order valence-electron chi connectivity index (χ3n) is 3.63. The maximum atomic E-state index is 13.7. The SMILES string of the molecule is O=C(Nc1cccc(I)c1)c1ccc(S(=O)(=O)Nc2ccccc2F)cc1. The van der Waals surface area contributed by atoms with E-state index in [2.05, 4.69) is 32.6 Å². The first-order chi connectivity index (χ1) is 12.8. The predicted molar refractivity (Wildman–Crippen MR) is 111 cm³/mol.